The fourth-order valence-electron chi connectivity index (χ4n) is 4.12. The van der Waals surface area contributed by atoms with Crippen LogP contribution < -0.4 is 0 Å². The van der Waals surface area contributed by atoms with E-state index in [1.165, 1.54) is 0 Å². The van der Waals surface area contributed by atoms with Gasteiger partial charge in [-0.2, -0.15) is 13.5 Å². The second kappa shape index (κ2) is 15.7. The Morgan fingerprint density at radius 3 is 1.82 bits per heavy atom. The maximum absolute atomic E-state index is 12.1. The molecule has 2 amide bonds. The molecule has 2 aromatic heterocycles. The van der Waals surface area contributed by atoms with E-state index in [1.54, 1.807) is 28.4 Å². The van der Waals surface area contributed by atoms with Crippen LogP contribution in [0, 0.1) is 0 Å². The van der Waals surface area contributed by atoms with Gasteiger partial charge in [-0.25, -0.2) is 19.6 Å². The summed E-state index contributed by atoms with van der Waals surface area (Å²) in [6.45, 7) is 12.7. The van der Waals surface area contributed by atoms with Crippen LogP contribution in [0.5, 0.6) is 0 Å². The van der Waals surface area contributed by atoms with Crippen molar-refractivity contribution in [3.63, 3.8) is 0 Å². The van der Waals surface area contributed by atoms with Crippen LogP contribution in [0.1, 0.15) is 91.0 Å². The SMILES string of the molecule is CC(C)(C)OC(=O)N1CCC[C@H]1c1ncc(Br)[nH]1.CC(C)(C)OC(=O)N1CCC[C@H]1c1ncc[nH]1.S.[B]=NS. The summed E-state index contributed by atoms with van der Waals surface area (Å²) in [6.07, 6.45) is 8.50. The Labute approximate surface area is 252 Å². The number of imidazole rings is 2. The van der Waals surface area contributed by atoms with Gasteiger partial charge in [0.25, 0.3) is 0 Å². The normalized spacial score (nSPS) is 18.6. The monoisotopic (exact) mass is 644 g/mol. The number of carbonyl (C=O) groups is 2. The Bertz CT molecular complexity index is 1040. The van der Waals surface area contributed by atoms with Crippen molar-refractivity contribution in [1.82, 2.24) is 29.7 Å². The summed E-state index contributed by atoms with van der Waals surface area (Å²) in [5.74, 6) is 1.65. The summed E-state index contributed by atoms with van der Waals surface area (Å²) in [6, 6.07) is 0.0194. The van der Waals surface area contributed by atoms with Crippen LogP contribution in [0.3, 0.4) is 0 Å². The van der Waals surface area contributed by atoms with E-state index < -0.39 is 11.2 Å². The number of aromatic amines is 2. The molecule has 2 aromatic rings. The topological polar surface area (TPSA) is 129 Å². The number of rotatable bonds is 2. The van der Waals surface area contributed by atoms with E-state index >= 15 is 0 Å². The van der Waals surface area contributed by atoms with Crippen molar-refractivity contribution in [2.24, 2.45) is 4.30 Å². The third kappa shape index (κ3) is 11.6. The van der Waals surface area contributed by atoms with E-state index in [2.05, 4.69) is 60.6 Å². The molecule has 2 N–H and O–H groups in total. The summed E-state index contributed by atoms with van der Waals surface area (Å²) < 4.78 is 14.3. The first kappa shape index (κ1) is 35.0. The van der Waals surface area contributed by atoms with Gasteiger partial charge >= 0.3 is 36.9 Å². The molecule has 4 heterocycles. The number of thiol groups is 1. The first-order valence-electron chi connectivity index (χ1n) is 12.5. The van der Waals surface area contributed by atoms with Crippen LogP contribution in [0.15, 0.2) is 27.5 Å². The third-order valence-electron chi connectivity index (χ3n) is 5.48. The second-order valence-electron chi connectivity index (χ2n) is 10.9. The van der Waals surface area contributed by atoms with Crippen LogP contribution in [0.4, 0.5) is 9.59 Å². The number of H-pyrrole nitrogens is 2. The first-order chi connectivity index (χ1) is 17.8. The Kier molecular flexibility index (Phi) is 14.1. The van der Waals surface area contributed by atoms with Gasteiger partial charge in [-0.05, 0) is 83.2 Å². The Balaban J connectivity index is 0.000000347. The Hall–Kier alpha value is -2.00. The Morgan fingerprint density at radius 2 is 1.46 bits per heavy atom. The zero-order valence-corrected chi connectivity index (χ0v) is 26.9. The van der Waals surface area contributed by atoms with Crippen LogP contribution >= 0.6 is 42.2 Å². The number of hydrogen-bond donors (Lipinski definition) is 3. The van der Waals surface area contributed by atoms with Gasteiger partial charge in [0.05, 0.1) is 18.3 Å². The van der Waals surface area contributed by atoms with Crippen molar-refractivity contribution in [1.29, 1.82) is 0 Å². The van der Waals surface area contributed by atoms with Gasteiger partial charge < -0.3 is 19.4 Å². The summed E-state index contributed by atoms with van der Waals surface area (Å²) in [5.41, 5.74) is -0.915. The standard InChI is InChI=1S/C12H18BrN3O2.C12H19N3O2.BHNS.H2S/c1-12(2,3)18-11(17)16-6-4-5-8(16)10-14-7-9(13)15-10;1-12(2,3)17-11(16)15-8-4-5-9(15)10-13-6-7-14-10;1-2-3;/h7-8H,4-6H2,1-3H3,(H,14,15);6-7,9H,4-5,8H2,1-3H3,(H,13,14);3H;1H2/t8-;9-;;/m00../s1. The van der Waals surface area contributed by atoms with Gasteiger partial charge in [-0.1, -0.05) is 0 Å². The molecule has 0 bridgehead atoms. The van der Waals surface area contributed by atoms with Crippen molar-refractivity contribution in [2.45, 2.75) is 90.5 Å². The number of carbonyl (C=O) groups excluding carboxylic acids is 2. The Morgan fingerprint density at radius 1 is 1.00 bits per heavy atom. The third-order valence-corrected chi connectivity index (χ3v) is 5.88. The average Bonchev–Trinajstić information content (AvgIpc) is 3.58. The average molecular weight is 645 g/mol. The van der Waals surface area contributed by atoms with E-state index in [4.69, 9.17) is 9.47 Å². The van der Waals surface area contributed by atoms with Gasteiger partial charge in [-0.15, -0.1) is 0 Å². The van der Waals surface area contributed by atoms with E-state index in [-0.39, 0.29) is 37.8 Å². The summed E-state index contributed by atoms with van der Waals surface area (Å²) >= 11 is 6.52. The molecule has 217 valence electrons. The van der Waals surface area contributed by atoms with Gasteiger partial charge in [-0.3, -0.25) is 9.80 Å². The molecule has 2 aliphatic rings. The van der Waals surface area contributed by atoms with E-state index in [0.29, 0.717) is 0 Å². The zero-order valence-electron chi connectivity index (χ0n) is 23.4. The molecule has 4 rings (SSSR count). The van der Waals surface area contributed by atoms with Gasteiger partial charge in [0, 0.05) is 25.5 Å². The predicted molar refractivity (Wildman–Crippen MR) is 162 cm³/mol. The van der Waals surface area contributed by atoms with Crippen LogP contribution in [-0.4, -0.2) is 73.9 Å². The van der Waals surface area contributed by atoms with E-state index in [0.717, 1.165) is 55.0 Å². The predicted octanol–water partition coefficient (Wildman–Crippen LogP) is 6.02. The molecule has 2 atom stereocenters. The quantitative estimate of drug-likeness (QED) is 0.271. The molecule has 2 aliphatic heterocycles. The number of nitrogens with one attached hydrogen (secondary N) is 2. The second-order valence-corrected chi connectivity index (χ2v) is 12.0. The summed E-state index contributed by atoms with van der Waals surface area (Å²) in [5, 5.41) is 0. The molecule has 15 heteroatoms. The van der Waals surface area contributed by atoms with Gasteiger partial charge in [0.1, 0.15) is 27.5 Å². The number of amides is 2. The molecule has 0 spiro atoms. The van der Waals surface area contributed by atoms with Crippen molar-refractivity contribution < 1.29 is 19.1 Å². The molecular weight excluding hydrogens is 605 g/mol. The molecule has 11 nitrogen and oxygen atoms in total. The van der Waals surface area contributed by atoms with Crippen LogP contribution in [0.25, 0.3) is 0 Å². The van der Waals surface area contributed by atoms with Gasteiger partial charge in [0.15, 0.2) is 0 Å². The molecule has 0 aromatic carbocycles. The molecule has 0 aliphatic carbocycles. The zero-order chi connectivity index (χ0) is 28.5. The van der Waals surface area contributed by atoms with Crippen molar-refractivity contribution in [3.05, 3.63) is 34.8 Å². The maximum atomic E-state index is 12.1. The number of ether oxygens (including phenoxy) is 2. The first-order valence-corrected chi connectivity index (χ1v) is 13.7. The molecular formula is C24H40BBrN7O4S2. The molecule has 1 radical (unpaired) electrons. The number of nitrogens with zero attached hydrogens (tertiary/aromatic N) is 5. The molecule has 0 unspecified atom stereocenters. The number of aromatic nitrogens is 4. The summed E-state index contributed by atoms with van der Waals surface area (Å²) in [4.78, 5) is 42.3. The molecule has 39 heavy (non-hydrogen) atoms. The molecule has 2 fully saturated rings. The van der Waals surface area contributed by atoms with Gasteiger partial charge in [0.2, 0.25) is 0 Å². The molecule has 2 saturated heterocycles. The number of halogens is 1. The minimum atomic E-state index is -0.464. The number of likely N-dealkylation sites (tertiary alicyclic amines) is 2. The van der Waals surface area contributed by atoms with Crippen LogP contribution in [-0.2, 0) is 9.47 Å². The summed E-state index contributed by atoms with van der Waals surface area (Å²) in [7, 11) is 4.34. The number of hydrogen-bond acceptors (Lipinski definition) is 8. The molecule has 0 saturated carbocycles. The minimum absolute atomic E-state index is 0. The van der Waals surface area contributed by atoms with Crippen molar-refractivity contribution in [2.75, 3.05) is 13.1 Å². The van der Waals surface area contributed by atoms with E-state index in [9.17, 15) is 9.59 Å². The van der Waals surface area contributed by atoms with E-state index in [1.807, 2.05) is 41.5 Å². The fourth-order valence-corrected chi connectivity index (χ4v) is 4.43. The van der Waals surface area contributed by atoms with Crippen molar-refractivity contribution in [3.8, 4) is 0 Å². The van der Waals surface area contributed by atoms with Crippen molar-refractivity contribution >= 4 is 62.1 Å². The fraction of sp³-hybridized carbons (Fsp3) is 0.667. The van der Waals surface area contributed by atoms with Crippen LogP contribution in [0.2, 0.25) is 0 Å².